The Labute approximate surface area is 117 Å². The van der Waals surface area contributed by atoms with Gasteiger partial charge in [-0.25, -0.2) is 0 Å². The molecule has 0 aromatic heterocycles. The summed E-state index contributed by atoms with van der Waals surface area (Å²) in [4.78, 5) is 12.3. The smallest absolute Gasteiger partial charge is 0.326 e. The third kappa shape index (κ3) is 3.13. The van der Waals surface area contributed by atoms with Gasteiger partial charge in [0.25, 0.3) is 0 Å². The fourth-order valence-corrected chi connectivity index (χ4v) is 3.92. The van der Waals surface area contributed by atoms with Gasteiger partial charge in [-0.2, -0.15) is 0 Å². The summed E-state index contributed by atoms with van der Waals surface area (Å²) in [6.07, 6.45) is 10.9. The number of hydrogen-bond donors (Lipinski definition) is 1. The van der Waals surface area contributed by atoms with Crippen LogP contribution in [0.15, 0.2) is 0 Å². The molecule has 0 aromatic carbocycles. The maximum Gasteiger partial charge on any atom is 0.326 e. The van der Waals surface area contributed by atoms with E-state index in [0.29, 0.717) is 12.0 Å². The normalized spacial score (nSPS) is 24.5. The predicted molar refractivity (Wildman–Crippen MR) is 77.0 cm³/mol. The third-order valence-corrected chi connectivity index (χ3v) is 5.21. The largest absolute Gasteiger partial charge is 0.465 e. The van der Waals surface area contributed by atoms with Crippen LogP contribution in [0.4, 0.5) is 0 Å². The minimum Gasteiger partial charge on any atom is -0.465 e. The molecule has 0 unspecified atom stereocenters. The molecule has 1 spiro atoms. The number of nitrogens with one attached hydrogen (secondary N) is 1. The third-order valence-electron chi connectivity index (χ3n) is 5.21. The Hall–Kier alpha value is -0.570. The molecular weight excluding hydrogens is 238 g/mol. The molecule has 0 radical (unpaired) electrons. The molecule has 0 atom stereocenters. The Morgan fingerprint density at radius 2 is 1.68 bits per heavy atom. The lowest BCUT2D eigenvalue weighted by Gasteiger charge is -2.44. The lowest BCUT2D eigenvalue weighted by atomic mass is 9.66. The van der Waals surface area contributed by atoms with Gasteiger partial charge in [0.1, 0.15) is 5.54 Å². The van der Waals surface area contributed by atoms with E-state index in [0.717, 1.165) is 25.8 Å². The number of rotatable bonds is 5. The standard InChI is InChI=1S/C16H29NO2/c1-3-13-17-16(14(18)19-4-2)11-9-15(10-12-16)7-5-6-8-15/h17H,3-13H2,1-2H3. The summed E-state index contributed by atoms with van der Waals surface area (Å²) in [5.41, 5.74) is 0.170. The fourth-order valence-electron chi connectivity index (χ4n) is 3.92. The van der Waals surface area contributed by atoms with Gasteiger partial charge >= 0.3 is 5.97 Å². The average molecular weight is 267 g/mol. The maximum atomic E-state index is 12.3. The van der Waals surface area contributed by atoms with Crippen molar-refractivity contribution in [2.45, 2.75) is 77.2 Å². The molecule has 2 saturated carbocycles. The first-order valence-electron chi connectivity index (χ1n) is 8.09. The van der Waals surface area contributed by atoms with E-state index in [2.05, 4.69) is 12.2 Å². The summed E-state index contributed by atoms with van der Waals surface area (Å²) in [6, 6.07) is 0. The lowest BCUT2D eigenvalue weighted by molar-refractivity contribution is -0.154. The zero-order valence-electron chi connectivity index (χ0n) is 12.6. The molecule has 2 aliphatic carbocycles. The minimum absolute atomic E-state index is 0.0173. The highest BCUT2D eigenvalue weighted by atomic mass is 16.5. The molecular formula is C16H29NO2. The summed E-state index contributed by atoms with van der Waals surface area (Å²) in [5, 5.41) is 3.50. The van der Waals surface area contributed by atoms with Crippen molar-refractivity contribution in [3.8, 4) is 0 Å². The molecule has 2 rings (SSSR count). The van der Waals surface area contributed by atoms with Crippen molar-refractivity contribution in [2.24, 2.45) is 5.41 Å². The van der Waals surface area contributed by atoms with Gasteiger partial charge in [0.2, 0.25) is 0 Å². The topological polar surface area (TPSA) is 38.3 Å². The second kappa shape index (κ2) is 6.25. The molecule has 1 N–H and O–H groups in total. The van der Waals surface area contributed by atoms with E-state index in [1.54, 1.807) is 0 Å². The molecule has 0 aliphatic heterocycles. The van der Waals surface area contributed by atoms with Crippen molar-refractivity contribution >= 4 is 5.97 Å². The first-order chi connectivity index (χ1) is 9.16. The number of ether oxygens (including phenoxy) is 1. The average Bonchev–Trinajstić information content (AvgIpc) is 2.88. The maximum absolute atomic E-state index is 12.3. The summed E-state index contributed by atoms with van der Waals surface area (Å²) in [7, 11) is 0. The monoisotopic (exact) mass is 267 g/mol. The van der Waals surface area contributed by atoms with E-state index >= 15 is 0 Å². The number of hydrogen-bond acceptors (Lipinski definition) is 3. The molecule has 2 fully saturated rings. The molecule has 0 aromatic rings. The molecule has 3 nitrogen and oxygen atoms in total. The molecule has 3 heteroatoms. The van der Waals surface area contributed by atoms with E-state index in [4.69, 9.17) is 4.74 Å². The Bertz CT molecular complexity index is 298. The second-order valence-corrected chi connectivity index (χ2v) is 6.44. The van der Waals surface area contributed by atoms with Crippen LogP contribution in [-0.4, -0.2) is 24.7 Å². The Morgan fingerprint density at radius 1 is 1.05 bits per heavy atom. The summed E-state index contributed by atoms with van der Waals surface area (Å²) in [6.45, 7) is 5.44. The fraction of sp³-hybridized carbons (Fsp3) is 0.938. The van der Waals surface area contributed by atoms with Crippen molar-refractivity contribution in [1.29, 1.82) is 0 Å². The van der Waals surface area contributed by atoms with E-state index in [1.165, 1.54) is 38.5 Å². The molecule has 0 saturated heterocycles. The SMILES string of the molecule is CCCNC1(C(=O)OCC)CCC2(CCCC2)CC1. The van der Waals surface area contributed by atoms with Gasteiger partial charge in [-0.3, -0.25) is 4.79 Å². The predicted octanol–water partition coefficient (Wildman–Crippen LogP) is 3.42. The van der Waals surface area contributed by atoms with Crippen molar-refractivity contribution in [1.82, 2.24) is 5.32 Å². The van der Waals surface area contributed by atoms with Gasteiger partial charge in [-0.1, -0.05) is 19.8 Å². The summed E-state index contributed by atoms with van der Waals surface area (Å²) in [5.74, 6) is -0.0173. The molecule has 0 heterocycles. The van der Waals surface area contributed by atoms with Crippen LogP contribution < -0.4 is 5.32 Å². The van der Waals surface area contributed by atoms with E-state index < -0.39 is 0 Å². The van der Waals surface area contributed by atoms with Gasteiger partial charge in [-0.05, 0) is 63.8 Å². The first kappa shape index (κ1) is 14.8. The van der Waals surface area contributed by atoms with Crippen molar-refractivity contribution in [3.05, 3.63) is 0 Å². The number of esters is 1. The number of carbonyl (C=O) groups excluding carboxylic acids is 1. The molecule has 19 heavy (non-hydrogen) atoms. The Balaban J connectivity index is 2.02. The highest BCUT2D eigenvalue weighted by Crippen LogP contribution is 2.51. The van der Waals surface area contributed by atoms with E-state index in [9.17, 15) is 4.79 Å². The van der Waals surface area contributed by atoms with Gasteiger partial charge in [0.15, 0.2) is 0 Å². The van der Waals surface area contributed by atoms with Crippen molar-refractivity contribution in [3.63, 3.8) is 0 Å². The van der Waals surface area contributed by atoms with Gasteiger partial charge in [-0.15, -0.1) is 0 Å². The zero-order valence-corrected chi connectivity index (χ0v) is 12.6. The van der Waals surface area contributed by atoms with Crippen LogP contribution in [0.5, 0.6) is 0 Å². The molecule has 2 aliphatic rings. The Kier molecular flexibility index (Phi) is 4.88. The Morgan fingerprint density at radius 3 is 2.21 bits per heavy atom. The van der Waals surface area contributed by atoms with Crippen molar-refractivity contribution < 1.29 is 9.53 Å². The van der Waals surface area contributed by atoms with Gasteiger partial charge in [0, 0.05) is 0 Å². The van der Waals surface area contributed by atoms with Gasteiger partial charge in [0.05, 0.1) is 6.61 Å². The van der Waals surface area contributed by atoms with Crippen LogP contribution in [0, 0.1) is 5.41 Å². The van der Waals surface area contributed by atoms with Crippen LogP contribution >= 0.6 is 0 Å². The molecule has 0 bridgehead atoms. The van der Waals surface area contributed by atoms with Gasteiger partial charge < -0.3 is 10.1 Å². The number of carbonyl (C=O) groups is 1. The minimum atomic E-state index is -0.389. The van der Waals surface area contributed by atoms with Crippen LogP contribution in [0.2, 0.25) is 0 Å². The molecule has 0 amide bonds. The van der Waals surface area contributed by atoms with Crippen LogP contribution in [0.3, 0.4) is 0 Å². The summed E-state index contributed by atoms with van der Waals surface area (Å²) >= 11 is 0. The highest BCUT2D eigenvalue weighted by molar-refractivity contribution is 5.81. The van der Waals surface area contributed by atoms with Crippen LogP contribution in [-0.2, 0) is 9.53 Å². The summed E-state index contributed by atoms with van der Waals surface area (Å²) < 4.78 is 5.33. The van der Waals surface area contributed by atoms with Crippen LogP contribution in [0.25, 0.3) is 0 Å². The lowest BCUT2D eigenvalue weighted by Crippen LogP contribution is -2.56. The second-order valence-electron chi connectivity index (χ2n) is 6.44. The zero-order chi connectivity index (χ0) is 13.8. The van der Waals surface area contributed by atoms with E-state index in [-0.39, 0.29) is 11.5 Å². The van der Waals surface area contributed by atoms with Crippen LogP contribution in [0.1, 0.15) is 71.6 Å². The highest BCUT2D eigenvalue weighted by Gasteiger charge is 2.48. The van der Waals surface area contributed by atoms with E-state index in [1.807, 2.05) is 6.92 Å². The molecule has 110 valence electrons. The van der Waals surface area contributed by atoms with Crippen molar-refractivity contribution in [2.75, 3.05) is 13.2 Å². The first-order valence-corrected chi connectivity index (χ1v) is 8.09. The quantitative estimate of drug-likeness (QED) is 0.776.